The van der Waals surface area contributed by atoms with Gasteiger partial charge in [-0.1, -0.05) is 130 Å². The van der Waals surface area contributed by atoms with Gasteiger partial charge in [-0.25, -0.2) is 13.6 Å². The summed E-state index contributed by atoms with van der Waals surface area (Å²) < 4.78 is 97.8. The van der Waals surface area contributed by atoms with Crippen LogP contribution in [-0.4, -0.2) is 138 Å². The molecule has 0 saturated heterocycles. The number of primary sulfonamides is 1. The Labute approximate surface area is 772 Å². The average Bonchev–Trinajstić information content (AvgIpc) is 1.46. The normalized spacial score (nSPS) is 11.4. The minimum Gasteiger partial charge on any atom is -0.497 e. The Morgan fingerprint density at radius 3 is 1.07 bits per heavy atom. The van der Waals surface area contributed by atoms with E-state index in [0.717, 1.165) is 85.1 Å². The third kappa shape index (κ3) is 24.7. The van der Waals surface area contributed by atoms with Crippen molar-refractivity contribution < 1.29 is 73.5 Å². The first kappa shape index (κ1) is 93.7. The Kier molecular flexibility index (Phi) is 30.6. The largest absolute Gasteiger partial charge is 0.497 e. The summed E-state index contributed by atoms with van der Waals surface area (Å²) in [5.74, 6) is 11.8. The lowest BCUT2D eigenvalue weighted by atomic mass is 9.79. The highest BCUT2D eigenvalue weighted by Crippen LogP contribution is 2.42. The number of benzene rings is 8. The molecule has 0 fully saturated rings. The highest BCUT2D eigenvalue weighted by Gasteiger charge is 2.26. The van der Waals surface area contributed by atoms with Crippen LogP contribution in [-0.2, 0) is 20.9 Å². The van der Waals surface area contributed by atoms with Gasteiger partial charge in [-0.15, -0.1) is 0 Å². The van der Waals surface area contributed by atoms with E-state index in [1.165, 1.54) is 23.3 Å². The summed E-state index contributed by atoms with van der Waals surface area (Å²) in [7, 11) is 2.57. The lowest BCUT2D eigenvalue weighted by Crippen LogP contribution is -2.16. The van der Waals surface area contributed by atoms with Gasteiger partial charge in [0.2, 0.25) is 51.8 Å². The van der Waals surface area contributed by atoms with Gasteiger partial charge in [0.15, 0.2) is 23.0 Å². The number of pyridine rings is 4. The summed E-state index contributed by atoms with van der Waals surface area (Å²) >= 11 is 0. The molecule has 19 rings (SSSR count). The second-order valence-corrected chi connectivity index (χ2v) is 33.6. The Balaban J connectivity index is 0.000000130. The van der Waals surface area contributed by atoms with Crippen molar-refractivity contribution >= 4 is 10.0 Å². The molecule has 0 amide bonds. The van der Waals surface area contributed by atoms with Gasteiger partial charge in [0, 0.05) is 123 Å². The average molecular weight is 1820 g/mol. The SMILES string of the molecule is CC(C)(C)c1cc(-c2nc(-c3ccc(S(N)(=O)=O)cc3)no2)cc(C(C)(C)C)c1.CC(C)COc1ccc(-c2nc(-c3ccncc3)no2)cc1.CCCOc1ccc(-c2nc(-c3ccncc3)no2)cc1.COc1cc(OC)c(-c2nc(-c3ccncc3)no2)cc1OC.COc1ccc(-c2nc(-c3ccccc3)no2)cc1.c1cc(-c2noc(-c3ccc4c(c3)OCO4)n2)ccn1. The molecule has 34 heteroatoms. The topological polar surface area (TPSA) is 419 Å². The van der Waals surface area contributed by atoms with Gasteiger partial charge in [0.25, 0.3) is 35.3 Å². The molecule has 0 aliphatic carbocycles. The second-order valence-electron chi connectivity index (χ2n) is 32.0. The van der Waals surface area contributed by atoms with Crippen molar-refractivity contribution in [3.8, 4) is 183 Å². The van der Waals surface area contributed by atoms with E-state index >= 15 is 0 Å². The van der Waals surface area contributed by atoms with Crippen LogP contribution in [0.1, 0.15) is 79.9 Å². The van der Waals surface area contributed by atoms with Crippen LogP contribution in [0, 0.1) is 5.92 Å². The lowest BCUT2D eigenvalue weighted by molar-refractivity contribution is 0.174. The van der Waals surface area contributed by atoms with Gasteiger partial charge in [0.05, 0.1) is 52.1 Å². The first-order valence-electron chi connectivity index (χ1n) is 42.2. The van der Waals surface area contributed by atoms with Crippen molar-refractivity contribution in [3.05, 3.63) is 285 Å². The number of hydrogen-bond acceptors (Lipinski definition) is 32. The molecular weight excluding hydrogens is 1730 g/mol. The number of nitrogens with zero attached hydrogens (tertiary/aromatic N) is 16. The third-order valence-corrected chi connectivity index (χ3v) is 20.8. The Bertz CT molecular complexity index is 6870. The zero-order valence-corrected chi connectivity index (χ0v) is 76.4. The van der Waals surface area contributed by atoms with Crippen LogP contribution in [0.5, 0.6) is 46.0 Å². The van der Waals surface area contributed by atoms with Crippen LogP contribution < -0.4 is 43.0 Å². The molecule has 1 aliphatic rings. The molecule has 0 spiro atoms. The smallest absolute Gasteiger partial charge is 0.262 e. The van der Waals surface area contributed by atoms with Crippen LogP contribution in [0.2, 0.25) is 0 Å². The summed E-state index contributed by atoms with van der Waals surface area (Å²) in [6.45, 7) is 21.0. The van der Waals surface area contributed by atoms with Crippen LogP contribution in [0.15, 0.2) is 306 Å². The molecular formula is C100H95N17O16S. The molecule has 134 heavy (non-hydrogen) atoms. The van der Waals surface area contributed by atoms with E-state index in [1.54, 1.807) is 114 Å². The monoisotopic (exact) mass is 1820 g/mol. The Morgan fingerprint density at radius 2 is 0.687 bits per heavy atom. The van der Waals surface area contributed by atoms with E-state index in [0.29, 0.717) is 124 Å². The predicted octanol–water partition coefficient (Wildman–Crippen LogP) is 20.8. The number of rotatable bonds is 23. The summed E-state index contributed by atoms with van der Waals surface area (Å²) in [4.78, 5) is 42.4. The number of aromatic nitrogens is 16. The molecule has 8 aromatic carbocycles. The number of ether oxygens (including phenoxy) is 8. The zero-order chi connectivity index (χ0) is 94.1. The molecule has 0 unspecified atom stereocenters. The predicted molar refractivity (Wildman–Crippen MR) is 499 cm³/mol. The summed E-state index contributed by atoms with van der Waals surface area (Å²) in [6, 6.07) is 68.6. The van der Waals surface area contributed by atoms with Gasteiger partial charge in [0.1, 0.15) is 23.0 Å². The maximum Gasteiger partial charge on any atom is 0.262 e. The Hall–Kier alpha value is -16.5. The van der Waals surface area contributed by atoms with Crippen molar-refractivity contribution in [1.82, 2.24) is 80.8 Å². The van der Waals surface area contributed by atoms with E-state index in [4.69, 9.17) is 70.2 Å². The molecule has 33 nitrogen and oxygen atoms in total. The standard InChI is InChI=1S/C22H27N3O3S.C17H17N3O2.C16H15N3O4.C16H15N3O2.C15H12N2O2.C14H9N3O3/c1-21(2,3)16-11-15(12-17(13-16)22(4,5)6)20-24-19(25-28-20)14-7-9-18(10-8-14)29(23,26)27;1-12(2)11-21-15-5-3-14(4-6-15)17-19-16(20-22-17)13-7-9-18-10-8-13;1-20-12-9-14(22-3)13(21-2)8-11(12)16-18-15(19-23-16)10-4-6-17-7-5-10;1-2-11-20-14-5-3-13(4-6-14)16-18-15(19-21-16)12-7-9-17-10-8-12;1-18-13-9-7-12(8-10-13)15-16-14(17-19-15)11-5-3-2-4-6-11;1-2-11-12(19-8-18-11)7-10(1)14-16-13(17-20-14)9-3-5-15-6-4-9/h7-13H,1-6H3,(H2,23,26,27);3-10,12H,11H2,1-2H3;4-9H,1-3H3;3-10H,2,11H2,1H3;2-10H,1H3;1-7H,8H2. The summed E-state index contributed by atoms with van der Waals surface area (Å²) in [5.41, 5.74) is 12.2. The molecule has 0 radical (unpaired) electrons. The molecule has 0 bridgehead atoms. The fraction of sp³-hybridized carbons (Fsp3) is 0.200. The van der Waals surface area contributed by atoms with Crippen molar-refractivity contribution in [3.63, 3.8) is 0 Å². The van der Waals surface area contributed by atoms with Crippen LogP contribution >= 0.6 is 0 Å². The van der Waals surface area contributed by atoms with E-state index in [1.807, 2.05) is 158 Å². The molecule has 0 saturated carbocycles. The number of sulfonamides is 1. The van der Waals surface area contributed by atoms with Crippen LogP contribution in [0.25, 0.3) is 137 Å². The first-order valence-corrected chi connectivity index (χ1v) is 43.7. The lowest BCUT2D eigenvalue weighted by Gasteiger charge is -2.25. The van der Waals surface area contributed by atoms with Crippen LogP contribution in [0.4, 0.5) is 0 Å². The van der Waals surface area contributed by atoms with Crippen molar-refractivity contribution in [2.24, 2.45) is 11.1 Å². The van der Waals surface area contributed by atoms with Crippen molar-refractivity contribution in [2.45, 2.75) is 84.5 Å². The third-order valence-electron chi connectivity index (χ3n) is 19.8. The quantitative estimate of drug-likeness (QED) is 0.0621. The van der Waals surface area contributed by atoms with Gasteiger partial charge in [-0.3, -0.25) is 19.9 Å². The Morgan fingerprint density at radius 1 is 0.343 bits per heavy atom. The van der Waals surface area contributed by atoms with Gasteiger partial charge in [-0.2, -0.15) is 29.9 Å². The number of methoxy groups -OCH3 is 4. The van der Waals surface area contributed by atoms with Crippen LogP contribution in [0.3, 0.4) is 0 Å². The molecule has 1 aliphatic heterocycles. The van der Waals surface area contributed by atoms with Gasteiger partial charge in [-0.05, 0) is 210 Å². The van der Waals surface area contributed by atoms with Gasteiger partial charge < -0.3 is 65.0 Å². The highest BCUT2D eigenvalue weighted by atomic mass is 32.2. The fourth-order valence-electron chi connectivity index (χ4n) is 12.6. The van der Waals surface area contributed by atoms with E-state index in [2.05, 4.69) is 161 Å². The number of nitrogens with two attached hydrogens (primary N) is 1. The highest BCUT2D eigenvalue weighted by molar-refractivity contribution is 7.89. The maximum absolute atomic E-state index is 11.4. The number of fused-ring (bicyclic) bond motifs is 1. The maximum atomic E-state index is 11.4. The summed E-state index contributed by atoms with van der Waals surface area (Å²) in [6.07, 6.45) is 14.5. The number of hydrogen-bond donors (Lipinski definition) is 1. The van der Waals surface area contributed by atoms with E-state index < -0.39 is 10.0 Å². The molecule has 18 aromatic rings. The minimum absolute atomic E-state index is 0.0254. The first-order chi connectivity index (χ1) is 64.9. The fourth-order valence-corrected chi connectivity index (χ4v) is 13.1. The minimum atomic E-state index is -3.74. The van der Waals surface area contributed by atoms with Crippen molar-refractivity contribution in [1.29, 1.82) is 0 Å². The molecule has 2 N–H and O–H groups in total. The van der Waals surface area contributed by atoms with E-state index in [-0.39, 0.29) is 22.5 Å². The molecule has 0 atom stereocenters. The molecule has 682 valence electrons. The van der Waals surface area contributed by atoms with Crippen molar-refractivity contribution in [2.75, 3.05) is 48.4 Å². The second kappa shape index (κ2) is 43.7. The molecule has 11 heterocycles. The zero-order valence-electron chi connectivity index (χ0n) is 75.6. The van der Waals surface area contributed by atoms with Gasteiger partial charge >= 0.3 is 0 Å². The molecule has 10 aromatic heterocycles. The summed E-state index contributed by atoms with van der Waals surface area (Å²) in [5, 5.41) is 29.2. The van der Waals surface area contributed by atoms with E-state index in [9.17, 15) is 8.42 Å².